The Morgan fingerprint density at radius 1 is 1.03 bits per heavy atom. The number of amides is 2. The highest BCUT2D eigenvalue weighted by Crippen LogP contribution is 2.23. The monoisotopic (exact) mass is 563 g/mol. The van der Waals surface area contributed by atoms with Crippen LogP contribution in [0.25, 0.3) is 0 Å². The van der Waals surface area contributed by atoms with Crippen molar-refractivity contribution in [3.8, 4) is 0 Å². The Balaban J connectivity index is 1.76. The van der Waals surface area contributed by atoms with Gasteiger partial charge in [-0.25, -0.2) is 17.2 Å². The van der Waals surface area contributed by atoms with Crippen molar-refractivity contribution >= 4 is 27.5 Å². The smallest absolute Gasteiger partial charge is 0.243 e. The molecular formula is C29H39F2N3O4S. The average molecular weight is 564 g/mol. The van der Waals surface area contributed by atoms with Crippen molar-refractivity contribution in [1.82, 2.24) is 10.2 Å². The molecule has 0 unspecified atom stereocenters. The van der Waals surface area contributed by atoms with Crippen molar-refractivity contribution in [3.63, 3.8) is 0 Å². The first-order valence-corrected chi connectivity index (χ1v) is 15.4. The van der Waals surface area contributed by atoms with Gasteiger partial charge in [-0.15, -0.1) is 0 Å². The molecule has 2 aromatic carbocycles. The van der Waals surface area contributed by atoms with E-state index in [1.165, 1.54) is 6.07 Å². The third-order valence-corrected chi connectivity index (χ3v) is 8.35. The van der Waals surface area contributed by atoms with E-state index in [0.717, 1.165) is 65.9 Å². The molecule has 0 aliphatic heterocycles. The minimum absolute atomic E-state index is 0.0151. The van der Waals surface area contributed by atoms with Crippen molar-refractivity contribution in [1.29, 1.82) is 0 Å². The van der Waals surface area contributed by atoms with Crippen molar-refractivity contribution in [3.05, 3.63) is 65.2 Å². The molecule has 10 heteroatoms. The zero-order chi connectivity index (χ0) is 28.6. The molecule has 0 heterocycles. The average Bonchev–Trinajstić information content (AvgIpc) is 2.89. The largest absolute Gasteiger partial charge is 0.352 e. The molecule has 2 aromatic rings. The molecule has 1 fully saturated rings. The van der Waals surface area contributed by atoms with E-state index in [4.69, 9.17) is 0 Å². The number of hydrogen-bond donors (Lipinski definition) is 1. The predicted molar refractivity (Wildman–Crippen MR) is 149 cm³/mol. The lowest BCUT2D eigenvalue weighted by atomic mass is 9.95. The molecule has 1 saturated carbocycles. The van der Waals surface area contributed by atoms with Crippen LogP contribution >= 0.6 is 0 Å². The second kappa shape index (κ2) is 13.9. The van der Waals surface area contributed by atoms with E-state index in [0.29, 0.717) is 6.42 Å². The summed E-state index contributed by atoms with van der Waals surface area (Å²) >= 11 is 0. The van der Waals surface area contributed by atoms with Gasteiger partial charge >= 0.3 is 0 Å². The fourth-order valence-electron chi connectivity index (χ4n) is 5.00. The minimum atomic E-state index is -3.81. The highest BCUT2D eigenvalue weighted by atomic mass is 32.2. The fourth-order valence-corrected chi connectivity index (χ4v) is 5.96. The van der Waals surface area contributed by atoms with Gasteiger partial charge in [0.15, 0.2) is 11.6 Å². The van der Waals surface area contributed by atoms with Gasteiger partial charge in [-0.1, -0.05) is 56.0 Å². The number of aryl methyl sites for hydroxylation is 1. The predicted octanol–water partition coefficient (Wildman–Crippen LogP) is 5.08. The summed E-state index contributed by atoms with van der Waals surface area (Å²) in [5.74, 6) is -2.69. The lowest BCUT2D eigenvalue weighted by Gasteiger charge is -2.33. The lowest BCUT2D eigenvalue weighted by molar-refractivity contribution is -0.141. The molecule has 1 aliphatic carbocycles. The van der Waals surface area contributed by atoms with Gasteiger partial charge in [-0.3, -0.25) is 13.9 Å². The molecule has 2 amide bonds. The van der Waals surface area contributed by atoms with E-state index in [9.17, 15) is 26.8 Å². The second-order valence-corrected chi connectivity index (χ2v) is 12.2. The van der Waals surface area contributed by atoms with E-state index in [1.807, 2.05) is 38.1 Å². The summed E-state index contributed by atoms with van der Waals surface area (Å²) in [5, 5.41) is 3.14. The van der Waals surface area contributed by atoms with Crippen LogP contribution < -0.4 is 9.62 Å². The van der Waals surface area contributed by atoms with Crippen molar-refractivity contribution in [2.24, 2.45) is 0 Å². The van der Waals surface area contributed by atoms with Crippen LogP contribution in [0.5, 0.6) is 0 Å². The summed E-state index contributed by atoms with van der Waals surface area (Å²) in [6.45, 7) is 3.99. The first-order valence-electron chi connectivity index (χ1n) is 13.6. The second-order valence-electron chi connectivity index (χ2n) is 10.3. The quantitative estimate of drug-likeness (QED) is 0.391. The molecule has 0 radical (unpaired) electrons. The third-order valence-electron chi connectivity index (χ3n) is 7.15. The third kappa shape index (κ3) is 8.74. The van der Waals surface area contributed by atoms with Crippen LogP contribution in [-0.4, -0.2) is 50.0 Å². The van der Waals surface area contributed by atoms with E-state index < -0.39 is 27.7 Å². The molecule has 1 N–H and O–H groups in total. The van der Waals surface area contributed by atoms with E-state index in [1.54, 1.807) is 4.90 Å². The van der Waals surface area contributed by atoms with Crippen LogP contribution in [0.15, 0.2) is 42.5 Å². The number of halogens is 2. The van der Waals surface area contributed by atoms with Gasteiger partial charge in [0.1, 0.15) is 6.04 Å². The summed E-state index contributed by atoms with van der Waals surface area (Å²) in [5.41, 5.74) is 1.95. The molecule has 214 valence electrons. The van der Waals surface area contributed by atoms with Gasteiger partial charge in [0, 0.05) is 31.6 Å². The first kappa shape index (κ1) is 30.5. The van der Waals surface area contributed by atoms with E-state index in [-0.39, 0.29) is 49.5 Å². The maximum absolute atomic E-state index is 13.8. The van der Waals surface area contributed by atoms with Crippen LogP contribution in [0, 0.1) is 18.6 Å². The van der Waals surface area contributed by atoms with E-state index >= 15 is 0 Å². The molecule has 0 spiro atoms. The maximum Gasteiger partial charge on any atom is 0.243 e. The van der Waals surface area contributed by atoms with Gasteiger partial charge in [-0.2, -0.15) is 0 Å². The summed E-state index contributed by atoms with van der Waals surface area (Å²) in [7, 11) is -3.81. The molecule has 7 nitrogen and oxygen atoms in total. The van der Waals surface area contributed by atoms with Gasteiger partial charge in [0.05, 0.1) is 11.9 Å². The Bertz CT molecular complexity index is 1230. The molecule has 3 rings (SSSR count). The zero-order valence-corrected chi connectivity index (χ0v) is 23.8. The number of carbonyl (C=O) groups is 2. The van der Waals surface area contributed by atoms with Crippen LogP contribution in [0.2, 0.25) is 0 Å². The van der Waals surface area contributed by atoms with Crippen LogP contribution in [0.3, 0.4) is 0 Å². The molecule has 1 atom stereocenters. The number of hydrogen-bond acceptors (Lipinski definition) is 4. The van der Waals surface area contributed by atoms with Crippen LogP contribution in [0.4, 0.5) is 14.5 Å². The molecule has 0 bridgehead atoms. The summed E-state index contributed by atoms with van der Waals surface area (Å²) in [6.07, 6.45) is 6.69. The fraction of sp³-hybridized carbons (Fsp3) is 0.517. The molecule has 0 saturated heterocycles. The molecule has 39 heavy (non-hydrogen) atoms. The highest BCUT2D eigenvalue weighted by Gasteiger charge is 2.30. The minimum Gasteiger partial charge on any atom is -0.352 e. The topological polar surface area (TPSA) is 86.8 Å². The van der Waals surface area contributed by atoms with Gasteiger partial charge in [0.25, 0.3) is 0 Å². The molecular weight excluding hydrogens is 524 g/mol. The standard InChI is InChI=1S/C29H39F2N3O4S/c1-4-27(29(36)32-23-9-6-5-7-10-23)33(20-22-14-12-21(2)13-15-22)28(35)11-8-18-34(39(3,37)38)24-16-17-25(30)26(31)19-24/h12-17,19,23,27H,4-11,18,20H2,1-3H3,(H,32,36)/t27-/m1/s1. The number of sulfonamides is 1. The Morgan fingerprint density at radius 3 is 2.28 bits per heavy atom. The number of nitrogens with zero attached hydrogens (tertiary/aromatic N) is 2. The van der Waals surface area contributed by atoms with Crippen LogP contribution in [-0.2, 0) is 26.2 Å². The Hall–Kier alpha value is -3.01. The van der Waals surface area contributed by atoms with Gasteiger partial charge in [-0.05, 0) is 50.3 Å². The number of benzene rings is 2. The number of nitrogens with one attached hydrogen (secondary N) is 1. The Morgan fingerprint density at radius 2 is 1.69 bits per heavy atom. The molecule has 1 aliphatic rings. The first-order chi connectivity index (χ1) is 18.5. The number of carbonyl (C=O) groups excluding carboxylic acids is 2. The van der Waals surface area contributed by atoms with Crippen molar-refractivity contribution < 1.29 is 26.8 Å². The van der Waals surface area contributed by atoms with Crippen LogP contribution in [0.1, 0.15) is 69.4 Å². The zero-order valence-electron chi connectivity index (χ0n) is 23.0. The summed E-state index contributed by atoms with van der Waals surface area (Å²) in [6, 6.07) is 10.1. The van der Waals surface area contributed by atoms with Gasteiger partial charge in [0.2, 0.25) is 21.8 Å². The normalized spacial score (nSPS) is 15.0. The maximum atomic E-state index is 13.8. The summed E-state index contributed by atoms with van der Waals surface area (Å²) in [4.78, 5) is 28.5. The Labute approximate surface area is 230 Å². The van der Waals surface area contributed by atoms with Gasteiger partial charge < -0.3 is 10.2 Å². The van der Waals surface area contributed by atoms with Crippen molar-refractivity contribution in [2.45, 2.75) is 83.8 Å². The molecule has 0 aromatic heterocycles. The SMILES string of the molecule is CC[C@H](C(=O)NC1CCCCC1)N(Cc1ccc(C)cc1)C(=O)CCCN(c1ccc(F)c(F)c1)S(C)(=O)=O. The summed E-state index contributed by atoms with van der Waals surface area (Å²) < 4.78 is 53.0. The van der Waals surface area contributed by atoms with E-state index in [2.05, 4.69) is 5.32 Å². The number of anilines is 1. The highest BCUT2D eigenvalue weighted by molar-refractivity contribution is 7.92. The van der Waals surface area contributed by atoms with Crippen molar-refractivity contribution in [2.75, 3.05) is 17.1 Å². The lowest BCUT2D eigenvalue weighted by Crippen LogP contribution is -2.51. The Kier molecular flexibility index (Phi) is 10.9. The number of rotatable bonds is 12.